The molecular weight excluding hydrogens is 616 g/mol. The molecule has 47 heavy (non-hydrogen) atoms. The molecular formula is C33H34F4N8O2. The summed E-state index contributed by atoms with van der Waals surface area (Å²) in [5.41, 5.74) is 2.70. The average molecular weight is 651 g/mol. The van der Waals surface area contributed by atoms with Crippen LogP contribution < -0.4 is 5.32 Å². The maximum Gasteiger partial charge on any atom is 0.256 e. The van der Waals surface area contributed by atoms with Crippen molar-refractivity contribution in [3.05, 3.63) is 78.1 Å². The third kappa shape index (κ3) is 5.96. The van der Waals surface area contributed by atoms with Crippen LogP contribution in [0.2, 0.25) is 0 Å². The van der Waals surface area contributed by atoms with Gasteiger partial charge >= 0.3 is 0 Å². The lowest BCUT2D eigenvalue weighted by molar-refractivity contribution is -0.160. The summed E-state index contributed by atoms with van der Waals surface area (Å²) in [7, 11) is 1.59. The second kappa shape index (κ2) is 11.8. The highest BCUT2D eigenvalue weighted by molar-refractivity contribution is 6.05. The molecule has 1 saturated heterocycles. The van der Waals surface area contributed by atoms with Gasteiger partial charge in [0.1, 0.15) is 11.5 Å². The molecule has 3 aromatic rings. The number of carbonyl (C=O) groups is 2. The molecule has 0 aromatic carbocycles. The van der Waals surface area contributed by atoms with Crippen molar-refractivity contribution < 1.29 is 27.2 Å². The number of allylic oxidation sites excluding steroid dienone is 4. The number of nitrogens with one attached hydrogen (secondary N) is 1. The summed E-state index contributed by atoms with van der Waals surface area (Å²) in [6.07, 6.45) is 11.3. The van der Waals surface area contributed by atoms with E-state index in [1.54, 1.807) is 53.3 Å². The Morgan fingerprint density at radius 2 is 1.87 bits per heavy atom. The Bertz CT molecular complexity index is 1860. The summed E-state index contributed by atoms with van der Waals surface area (Å²) in [6.45, 7) is 3.07. The van der Waals surface area contributed by atoms with Gasteiger partial charge in [-0.25, -0.2) is 27.7 Å². The first-order valence-corrected chi connectivity index (χ1v) is 15.7. The Kier molecular flexibility index (Phi) is 7.75. The highest BCUT2D eigenvalue weighted by atomic mass is 19.3. The van der Waals surface area contributed by atoms with Gasteiger partial charge in [0.05, 0.1) is 23.9 Å². The van der Waals surface area contributed by atoms with Gasteiger partial charge in [0, 0.05) is 69.1 Å². The molecule has 5 heterocycles. The minimum absolute atomic E-state index is 0.0420. The van der Waals surface area contributed by atoms with E-state index in [0.717, 1.165) is 11.4 Å². The number of imidazole rings is 2. The molecule has 10 nitrogen and oxygen atoms in total. The number of rotatable bonds is 6. The number of hydrogen-bond acceptors (Lipinski definition) is 6. The van der Waals surface area contributed by atoms with Crippen molar-refractivity contribution in [2.24, 2.45) is 11.8 Å². The van der Waals surface area contributed by atoms with Gasteiger partial charge in [-0.1, -0.05) is 19.1 Å². The number of likely N-dealkylation sites (N-methyl/N-ethyl adjacent to an activating group) is 1. The van der Waals surface area contributed by atoms with Crippen molar-refractivity contribution in [1.29, 1.82) is 0 Å². The predicted molar refractivity (Wildman–Crippen MR) is 165 cm³/mol. The fourth-order valence-electron chi connectivity index (χ4n) is 6.77. The fraction of sp³-hybridized carbons (Fsp3) is 0.424. The number of alkyl halides is 2. The van der Waals surface area contributed by atoms with E-state index in [0.29, 0.717) is 37.3 Å². The lowest BCUT2D eigenvalue weighted by Gasteiger charge is -2.40. The van der Waals surface area contributed by atoms with Gasteiger partial charge < -0.3 is 19.7 Å². The summed E-state index contributed by atoms with van der Waals surface area (Å²) < 4.78 is 58.5. The standard InChI is InChI=1S/C33H34F4N8O2/c1-19-13-22(34)3-4-24(19)29-30(44(18-38-29)23-8-11-43(12-9-23)32(47)21-15-33(36,37)16-21)25-5-6-28-39-27(17-45(28)41-25)40-31(46)20-7-10-42(2)26(35)14-20/h3-7,13-14,17-19,21,23-24H,8-12,15-16H2,1-2H3,(H,40,46). The van der Waals surface area contributed by atoms with Gasteiger partial charge in [-0.15, -0.1) is 0 Å². The first kappa shape index (κ1) is 30.9. The van der Waals surface area contributed by atoms with Crippen molar-refractivity contribution in [1.82, 2.24) is 33.9 Å². The second-order valence-corrected chi connectivity index (χ2v) is 12.8. The van der Waals surface area contributed by atoms with Crippen LogP contribution in [-0.2, 0) is 9.59 Å². The minimum atomic E-state index is -2.75. The van der Waals surface area contributed by atoms with Gasteiger partial charge in [-0.2, -0.15) is 9.49 Å². The van der Waals surface area contributed by atoms with Gasteiger partial charge in [0.2, 0.25) is 11.8 Å². The molecule has 2 aliphatic carbocycles. The zero-order valence-electron chi connectivity index (χ0n) is 25.9. The Hall–Kier alpha value is -4.75. The van der Waals surface area contributed by atoms with Crippen LogP contribution >= 0.6 is 0 Å². The van der Waals surface area contributed by atoms with E-state index >= 15 is 0 Å². The summed E-state index contributed by atoms with van der Waals surface area (Å²) >= 11 is 0. The van der Waals surface area contributed by atoms with E-state index in [1.807, 2.05) is 17.6 Å². The highest BCUT2D eigenvalue weighted by Gasteiger charge is 2.50. The lowest BCUT2D eigenvalue weighted by atomic mass is 9.80. The maximum atomic E-state index is 14.1. The molecule has 2 fully saturated rings. The van der Waals surface area contributed by atoms with Crippen LogP contribution in [0.5, 0.6) is 0 Å². The number of nitrogens with zero attached hydrogens (tertiary/aromatic N) is 7. The van der Waals surface area contributed by atoms with E-state index in [9.17, 15) is 27.2 Å². The SMILES string of the molecule is CC1C=C(F)C=CC1c1ncn(C2CCN(C(=O)C3CC(F)(F)C3)CC2)c1-c1ccc2nc(NC(=O)C3=CCN(C)C(F)=C3)cn2n1. The summed E-state index contributed by atoms with van der Waals surface area (Å²) in [5, 5.41) is 7.54. The molecule has 2 aliphatic heterocycles. The van der Waals surface area contributed by atoms with Crippen LogP contribution in [0.25, 0.3) is 17.0 Å². The predicted octanol–water partition coefficient (Wildman–Crippen LogP) is 5.57. The van der Waals surface area contributed by atoms with Crippen LogP contribution in [-0.4, -0.2) is 78.4 Å². The Labute approximate surface area is 268 Å². The van der Waals surface area contributed by atoms with Crippen LogP contribution in [0.15, 0.2) is 72.4 Å². The summed E-state index contributed by atoms with van der Waals surface area (Å²) in [6, 6.07) is 3.54. The first-order valence-electron chi connectivity index (χ1n) is 15.7. The molecule has 1 N–H and O–H groups in total. The molecule has 7 rings (SSSR count). The number of anilines is 1. The van der Waals surface area contributed by atoms with E-state index < -0.39 is 23.7 Å². The van der Waals surface area contributed by atoms with E-state index in [4.69, 9.17) is 10.1 Å². The number of halogens is 4. The number of aromatic nitrogens is 5. The number of fused-ring (bicyclic) bond motifs is 1. The smallest absolute Gasteiger partial charge is 0.256 e. The Morgan fingerprint density at radius 3 is 2.57 bits per heavy atom. The van der Waals surface area contributed by atoms with Crippen molar-refractivity contribution in [2.45, 2.75) is 50.5 Å². The molecule has 0 spiro atoms. The first-order chi connectivity index (χ1) is 22.5. The normalized spacial score (nSPS) is 23.3. The van der Waals surface area contributed by atoms with Crippen molar-refractivity contribution in [3.8, 4) is 11.4 Å². The third-order valence-corrected chi connectivity index (χ3v) is 9.49. The third-order valence-electron chi connectivity index (χ3n) is 9.49. The van der Waals surface area contributed by atoms with Crippen LogP contribution in [0.4, 0.5) is 23.4 Å². The number of hydrogen-bond donors (Lipinski definition) is 1. The van der Waals surface area contributed by atoms with Gasteiger partial charge in [0.15, 0.2) is 17.4 Å². The molecule has 0 bridgehead atoms. The van der Waals surface area contributed by atoms with Crippen LogP contribution in [0.1, 0.15) is 50.3 Å². The molecule has 4 aliphatic rings. The molecule has 3 aromatic heterocycles. The van der Waals surface area contributed by atoms with Crippen LogP contribution in [0, 0.1) is 11.8 Å². The van der Waals surface area contributed by atoms with E-state index in [2.05, 4.69) is 10.3 Å². The molecule has 2 amide bonds. The van der Waals surface area contributed by atoms with Gasteiger partial charge in [-0.05, 0) is 43.0 Å². The van der Waals surface area contributed by atoms with Gasteiger partial charge in [0.25, 0.3) is 5.91 Å². The monoisotopic (exact) mass is 650 g/mol. The van der Waals surface area contributed by atoms with Crippen molar-refractivity contribution >= 4 is 23.3 Å². The van der Waals surface area contributed by atoms with Crippen LogP contribution in [0.3, 0.4) is 0 Å². The molecule has 2 atom stereocenters. The minimum Gasteiger partial charge on any atom is -0.348 e. The zero-order valence-corrected chi connectivity index (χ0v) is 25.9. The van der Waals surface area contributed by atoms with E-state index in [1.165, 1.54) is 17.1 Å². The maximum absolute atomic E-state index is 14.1. The summed E-state index contributed by atoms with van der Waals surface area (Å²) in [5.74, 6) is -5.04. The van der Waals surface area contributed by atoms with Crippen molar-refractivity contribution in [3.63, 3.8) is 0 Å². The lowest BCUT2D eigenvalue weighted by Crippen LogP contribution is -2.49. The average Bonchev–Trinajstić information content (AvgIpc) is 3.64. The van der Waals surface area contributed by atoms with E-state index in [-0.39, 0.29) is 60.4 Å². The molecule has 2 unspecified atom stereocenters. The highest BCUT2D eigenvalue weighted by Crippen LogP contribution is 2.44. The molecule has 246 valence electrons. The molecule has 0 radical (unpaired) electrons. The van der Waals surface area contributed by atoms with Crippen molar-refractivity contribution in [2.75, 3.05) is 32.0 Å². The second-order valence-electron chi connectivity index (χ2n) is 12.8. The summed E-state index contributed by atoms with van der Waals surface area (Å²) in [4.78, 5) is 38.0. The molecule has 1 saturated carbocycles. The number of amides is 2. The Morgan fingerprint density at radius 1 is 1.11 bits per heavy atom. The quantitative estimate of drug-likeness (QED) is 0.277. The largest absolute Gasteiger partial charge is 0.348 e. The fourth-order valence-corrected chi connectivity index (χ4v) is 6.77. The topological polar surface area (TPSA) is 101 Å². The number of piperidine rings is 1. The Balaban J connectivity index is 1.16. The zero-order chi connectivity index (χ0) is 33.0. The number of carbonyl (C=O) groups excluding carboxylic acids is 2. The molecule has 14 heteroatoms. The van der Waals surface area contributed by atoms with Gasteiger partial charge in [-0.3, -0.25) is 9.59 Å². The number of likely N-dealkylation sites (tertiary alicyclic amines) is 1.